The highest BCUT2D eigenvalue weighted by atomic mass is 79.9. The molecular weight excluding hydrogens is 602 g/mol. The molecule has 230 valence electrons. The Morgan fingerprint density at radius 2 is 1.49 bits per heavy atom. The van der Waals surface area contributed by atoms with Crippen molar-refractivity contribution in [2.45, 2.75) is 103 Å². The minimum Gasteiger partial charge on any atom is -0.508 e. The molecule has 0 bridgehead atoms. The molecule has 0 aromatic heterocycles. The van der Waals surface area contributed by atoms with E-state index in [0.29, 0.717) is 47.5 Å². The van der Waals surface area contributed by atoms with Crippen molar-refractivity contribution in [2.75, 3.05) is 20.8 Å². The van der Waals surface area contributed by atoms with Gasteiger partial charge in [-0.05, 0) is 84.8 Å². The molecule has 1 amide bonds. The van der Waals surface area contributed by atoms with Crippen molar-refractivity contribution in [3.63, 3.8) is 0 Å². The van der Waals surface area contributed by atoms with Crippen LogP contribution in [-0.2, 0) is 22.0 Å². The lowest BCUT2D eigenvalue weighted by Gasteiger charge is -2.45. The molecule has 2 N–H and O–H groups in total. The smallest absolute Gasteiger partial charge is 0.407 e. The molecular formula is C32H50BrNO6Si. The largest absolute Gasteiger partial charge is 0.508 e. The summed E-state index contributed by atoms with van der Waals surface area (Å²) in [7, 11) is 0.929. The van der Waals surface area contributed by atoms with Gasteiger partial charge in [-0.3, -0.25) is 0 Å². The number of halogens is 1. The number of alkyl carbamates (subject to hydrolysis) is 1. The number of methoxy groups -OCH3 is 2. The highest BCUT2D eigenvalue weighted by Crippen LogP contribution is 2.48. The van der Waals surface area contributed by atoms with Crippen molar-refractivity contribution in [1.82, 2.24) is 5.32 Å². The summed E-state index contributed by atoms with van der Waals surface area (Å²) in [6.45, 7) is 19.6. The van der Waals surface area contributed by atoms with E-state index in [2.05, 4.69) is 62.8 Å². The lowest BCUT2D eigenvalue weighted by molar-refractivity contribution is 0.0528. The predicted molar refractivity (Wildman–Crippen MR) is 172 cm³/mol. The predicted octanol–water partition coefficient (Wildman–Crippen LogP) is 8.72. The van der Waals surface area contributed by atoms with Gasteiger partial charge >= 0.3 is 6.09 Å². The van der Waals surface area contributed by atoms with E-state index in [-0.39, 0.29) is 11.9 Å². The monoisotopic (exact) mass is 651 g/mol. The van der Waals surface area contributed by atoms with Gasteiger partial charge in [0.05, 0.1) is 20.3 Å². The van der Waals surface area contributed by atoms with Gasteiger partial charge in [0.2, 0.25) is 8.32 Å². The second kappa shape index (κ2) is 14.8. The summed E-state index contributed by atoms with van der Waals surface area (Å²) in [5, 5.41) is 13.3. The minimum atomic E-state index is -2.32. The molecule has 7 nitrogen and oxygen atoms in total. The number of carbonyl (C=O) groups excluding carboxylic acids is 1. The van der Waals surface area contributed by atoms with Crippen molar-refractivity contribution in [1.29, 1.82) is 0 Å². The van der Waals surface area contributed by atoms with Crippen molar-refractivity contribution >= 4 is 30.3 Å². The average Bonchev–Trinajstić information content (AvgIpc) is 2.85. The van der Waals surface area contributed by atoms with Gasteiger partial charge in [0, 0.05) is 17.4 Å². The van der Waals surface area contributed by atoms with Crippen LogP contribution in [0, 0.1) is 0 Å². The number of hydrogen-bond acceptors (Lipinski definition) is 6. The van der Waals surface area contributed by atoms with E-state index >= 15 is 0 Å². The zero-order chi connectivity index (χ0) is 31.1. The van der Waals surface area contributed by atoms with Gasteiger partial charge in [-0.25, -0.2) is 4.79 Å². The number of benzene rings is 2. The molecule has 0 fully saturated rings. The Morgan fingerprint density at radius 3 is 2.00 bits per heavy atom. The summed E-state index contributed by atoms with van der Waals surface area (Å²) < 4.78 is 24.9. The molecule has 0 aliphatic heterocycles. The Labute approximate surface area is 256 Å². The number of phenols is 1. The first-order valence-electron chi connectivity index (χ1n) is 14.4. The molecule has 0 heterocycles. The van der Waals surface area contributed by atoms with Gasteiger partial charge in [-0.1, -0.05) is 63.5 Å². The molecule has 0 aliphatic rings. The van der Waals surface area contributed by atoms with E-state index in [4.69, 9.17) is 18.6 Å². The number of hydrogen-bond donors (Lipinski definition) is 2. The summed E-state index contributed by atoms with van der Waals surface area (Å²) in [6, 6.07) is 9.31. The van der Waals surface area contributed by atoms with Crippen LogP contribution in [0.3, 0.4) is 0 Å². The molecule has 9 heteroatoms. The molecule has 0 aliphatic carbocycles. The molecule has 1 atom stereocenters. The van der Waals surface area contributed by atoms with E-state index < -0.39 is 20.0 Å². The Morgan fingerprint density at radius 1 is 0.927 bits per heavy atom. The number of phenolic OH excluding ortho intramolecular Hbond substituents is 1. The quantitative estimate of drug-likeness (QED) is 0.211. The molecule has 2 rings (SSSR count). The standard InChI is InChI=1S/C32H50BrNO6Si/c1-20(2)41(21(3)4,22(5)6)40-28(26-18-29(37-10)30(38-11)19-27(26)33)17-24-16-25(35)13-12-23(24)14-15-34-31(36)39-32(7,8)9/h12-13,16,18-22,28,35H,14-15,17H2,1-11H3,(H,34,36)/t28-/m0/s1. The Kier molecular flexibility index (Phi) is 12.6. The zero-order valence-electron chi connectivity index (χ0n) is 26.7. The van der Waals surface area contributed by atoms with Gasteiger partial charge < -0.3 is 29.1 Å². The van der Waals surface area contributed by atoms with Crippen LogP contribution >= 0.6 is 15.9 Å². The zero-order valence-corrected chi connectivity index (χ0v) is 29.3. The van der Waals surface area contributed by atoms with Crippen LogP contribution in [0.2, 0.25) is 16.6 Å². The third-order valence-corrected chi connectivity index (χ3v) is 14.4. The van der Waals surface area contributed by atoms with E-state index in [1.807, 2.05) is 39.0 Å². The first kappa shape index (κ1) is 35.0. The summed E-state index contributed by atoms with van der Waals surface area (Å²) in [4.78, 5) is 12.2. The highest BCUT2D eigenvalue weighted by molar-refractivity contribution is 9.10. The van der Waals surface area contributed by atoms with Gasteiger partial charge in [-0.15, -0.1) is 0 Å². The van der Waals surface area contributed by atoms with Crippen LogP contribution in [0.25, 0.3) is 0 Å². The van der Waals surface area contributed by atoms with Crippen molar-refractivity contribution in [2.24, 2.45) is 0 Å². The van der Waals surface area contributed by atoms with Gasteiger partial charge in [-0.2, -0.15) is 0 Å². The number of aromatic hydroxyl groups is 1. The average molecular weight is 653 g/mol. The fourth-order valence-electron chi connectivity index (χ4n) is 5.85. The number of amides is 1. The maximum atomic E-state index is 12.2. The van der Waals surface area contributed by atoms with Gasteiger partial charge in [0.1, 0.15) is 11.4 Å². The van der Waals surface area contributed by atoms with Crippen LogP contribution in [0.1, 0.15) is 85.1 Å². The molecule has 41 heavy (non-hydrogen) atoms. The number of ether oxygens (including phenoxy) is 3. The normalized spacial score (nSPS) is 13.0. The van der Waals surface area contributed by atoms with Crippen LogP contribution in [0.5, 0.6) is 17.2 Å². The molecule has 2 aromatic rings. The van der Waals surface area contributed by atoms with E-state index in [9.17, 15) is 9.90 Å². The van der Waals surface area contributed by atoms with Crippen molar-refractivity contribution in [3.8, 4) is 17.2 Å². The van der Waals surface area contributed by atoms with Gasteiger partial charge in [0.15, 0.2) is 11.5 Å². The van der Waals surface area contributed by atoms with Crippen molar-refractivity contribution in [3.05, 3.63) is 51.5 Å². The molecule has 0 radical (unpaired) electrons. The Hall–Kier alpha value is -2.23. The molecule has 0 saturated heterocycles. The summed E-state index contributed by atoms with van der Waals surface area (Å²) in [5.74, 6) is 1.45. The summed E-state index contributed by atoms with van der Waals surface area (Å²) in [5.41, 5.74) is 3.52. The number of carbonyl (C=O) groups is 1. The fraction of sp³-hybridized carbons (Fsp3) is 0.594. The number of rotatable bonds is 13. The van der Waals surface area contributed by atoms with Crippen LogP contribution in [-0.4, -0.2) is 45.9 Å². The second-order valence-corrected chi connectivity index (χ2v) is 18.7. The molecule has 0 spiro atoms. The van der Waals surface area contributed by atoms with Crippen LogP contribution in [0.4, 0.5) is 4.79 Å². The van der Waals surface area contributed by atoms with E-state index in [1.54, 1.807) is 26.4 Å². The SMILES string of the molecule is COc1cc(Br)c([C@H](Cc2cc(O)ccc2CCNC(=O)OC(C)(C)C)O[Si](C(C)C)(C(C)C)C(C)C)cc1OC. The maximum Gasteiger partial charge on any atom is 0.407 e. The third kappa shape index (κ3) is 9.12. The lowest BCUT2D eigenvalue weighted by Crippen LogP contribution is -2.48. The summed E-state index contributed by atoms with van der Waals surface area (Å²) in [6.07, 6.45) is 0.346. The first-order valence-corrected chi connectivity index (χ1v) is 17.4. The van der Waals surface area contributed by atoms with Crippen LogP contribution < -0.4 is 14.8 Å². The number of nitrogens with one attached hydrogen (secondary N) is 1. The van der Waals surface area contributed by atoms with E-state index in [0.717, 1.165) is 21.2 Å². The Bertz CT molecular complexity index is 1140. The fourth-order valence-corrected chi connectivity index (χ4v) is 11.9. The van der Waals surface area contributed by atoms with Crippen molar-refractivity contribution < 1.29 is 28.5 Å². The molecule has 0 saturated carbocycles. The van der Waals surface area contributed by atoms with E-state index in [1.165, 1.54) is 0 Å². The second-order valence-electron chi connectivity index (χ2n) is 12.5. The highest BCUT2D eigenvalue weighted by Gasteiger charge is 2.47. The summed E-state index contributed by atoms with van der Waals surface area (Å²) >= 11 is 3.79. The lowest BCUT2D eigenvalue weighted by atomic mass is 9.95. The Balaban J connectivity index is 2.57. The maximum absolute atomic E-state index is 12.2. The van der Waals surface area contributed by atoms with Crippen LogP contribution in [0.15, 0.2) is 34.8 Å². The topological polar surface area (TPSA) is 86.3 Å². The molecule has 0 unspecified atom stereocenters. The first-order chi connectivity index (χ1) is 19.0. The molecule has 2 aromatic carbocycles. The minimum absolute atomic E-state index is 0.189. The van der Waals surface area contributed by atoms with Gasteiger partial charge in [0.25, 0.3) is 0 Å². The third-order valence-electron chi connectivity index (χ3n) is 7.56.